The monoisotopic (exact) mass is 279 g/mol. The third-order valence-electron chi connectivity index (χ3n) is 3.50. The quantitative estimate of drug-likeness (QED) is 0.681. The summed E-state index contributed by atoms with van der Waals surface area (Å²) in [6.45, 7) is 2.51. The molecule has 21 heavy (non-hydrogen) atoms. The Kier molecular flexibility index (Phi) is 3.73. The number of esters is 1. The van der Waals surface area contributed by atoms with Gasteiger partial charge >= 0.3 is 5.97 Å². The van der Waals surface area contributed by atoms with Gasteiger partial charge in [-0.3, -0.25) is 4.79 Å². The fraction of sp³-hybridized carbons (Fsp3) is 0.167. The van der Waals surface area contributed by atoms with Crippen LogP contribution in [0.4, 0.5) is 0 Å². The fourth-order valence-corrected chi connectivity index (χ4v) is 2.52. The summed E-state index contributed by atoms with van der Waals surface area (Å²) in [4.78, 5) is 11.1. The Balaban J connectivity index is 2.00. The molecule has 3 rings (SSSR count). The number of fused-ring (bicyclic) bond motifs is 1. The molecule has 0 N–H and O–H groups in total. The molecular formula is C18H17NO2. The van der Waals surface area contributed by atoms with Gasteiger partial charge in [0.25, 0.3) is 0 Å². The molecule has 1 aromatic heterocycles. The van der Waals surface area contributed by atoms with E-state index in [9.17, 15) is 4.79 Å². The number of para-hydroxylation sites is 1. The van der Waals surface area contributed by atoms with E-state index in [4.69, 9.17) is 4.74 Å². The van der Waals surface area contributed by atoms with Crippen molar-refractivity contribution in [2.24, 2.45) is 0 Å². The van der Waals surface area contributed by atoms with Gasteiger partial charge in [0, 0.05) is 19.0 Å². The zero-order valence-electron chi connectivity index (χ0n) is 12.0. The van der Waals surface area contributed by atoms with Crippen molar-refractivity contribution in [3.63, 3.8) is 0 Å². The first-order valence-electron chi connectivity index (χ1n) is 6.98. The van der Waals surface area contributed by atoms with E-state index in [2.05, 4.69) is 34.9 Å². The Hall–Kier alpha value is -2.55. The minimum Gasteiger partial charge on any atom is -0.459 e. The van der Waals surface area contributed by atoms with Crippen molar-refractivity contribution < 1.29 is 9.53 Å². The van der Waals surface area contributed by atoms with Crippen LogP contribution in [-0.2, 0) is 22.7 Å². The van der Waals surface area contributed by atoms with Crippen LogP contribution in [-0.4, -0.2) is 10.5 Å². The number of carbonyl (C=O) groups is 1. The van der Waals surface area contributed by atoms with Crippen LogP contribution >= 0.6 is 0 Å². The van der Waals surface area contributed by atoms with Crippen molar-refractivity contribution in [3.05, 3.63) is 71.9 Å². The Morgan fingerprint density at radius 2 is 1.76 bits per heavy atom. The number of hydrogen-bond acceptors (Lipinski definition) is 2. The van der Waals surface area contributed by atoms with Gasteiger partial charge < -0.3 is 9.30 Å². The number of carbonyl (C=O) groups excluding carboxylic acids is 1. The van der Waals surface area contributed by atoms with Gasteiger partial charge in [0.05, 0.1) is 5.69 Å². The molecular weight excluding hydrogens is 262 g/mol. The summed E-state index contributed by atoms with van der Waals surface area (Å²) in [6.07, 6.45) is 0. The molecule has 0 aliphatic rings. The average Bonchev–Trinajstić information content (AvgIpc) is 2.84. The first-order valence-corrected chi connectivity index (χ1v) is 6.98. The molecule has 106 valence electrons. The molecule has 2 aromatic carbocycles. The van der Waals surface area contributed by atoms with Gasteiger partial charge in [-0.25, -0.2) is 0 Å². The third kappa shape index (κ3) is 2.97. The molecule has 3 heteroatoms. The smallest absolute Gasteiger partial charge is 0.303 e. The summed E-state index contributed by atoms with van der Waals surface area (Å²) in [6, 6.07) is 20.6. The SMILES string of the molecule is CC(=O)OCc1cc2ccccc2n1Cc1ccccc1. The second kappa shape index (κ2) is 5.83. The average molecular weight is 279 g/mol. The van der Waals surface area contributed by atoms with Gasteiger partial charge in [-0.2, -0.15) is 0 Å². The lowest BCUT2D eigenvalue weighted by atomic mass is 10.2. The zero-order chi connectivity index (χ0) is 14.7. The summed E-state index contributed by atoms with van der Waals surface area (Å²) in [5.74, 6) is -0.258. The normalized spacial score (nSPS) is 10.7. The molecule has 3 aromatic rings. The predicted octanol–water partition coefficient (Wildman–Crippen LogP) is 3.75. The summed E-state index contributed by atoms with van der Waals surface area (Å²) in [5.41, 5.74) is 3.39. The number of rotatable bonds is 4. The number of benzene rings is 2. The number of hydrogen-bond donors (Lipinski definition) is 0. The molecule has 0 saturated carbocycles. The van der Waals surface area contributed by atoms with Crippen molar-refractivity contribution in [2.45, 2.75) is 20.1 Å². The topological polar surface area (TPSA) is 31.2 Å². The molecule has 0 aliphatic heterocycles. The Labute approximate surface area is 123 Å². The second-order valence-corrected chi connectivity index (χ2v) is 5.05. The number of nitrogens with zero attached hydrogens (tertiary/aromatic N) is 1. The Bertz CT molecular complexity index is 759. The van der Waals surface area contributed by atoms with E-state index in [0.29, 0.717) is 6.61 Å². The van der Waals surface area contributed by atoms with Crippen molar-refractivity contribution in [1.29, 1.82) is 0 Å². The highest BCUT2D eigenvalue weighted by Crippen LogP contribution is 2.22. The number of aromatic nitrogens is 1. The molecule has 0 fully saturated rings. The first kappa shape index (κ1) is 13.4. The Morgan fingerprint density at radius 1 is 1.05 bits per heavy atom. The highest BCUT2D eigenvalue weighted by Gasteiger charge is 2.10. The van der Waals surface area contributed by atoms with Gasteiger partial charge in [0.15, 0.2) is 0 Å². The van der Waals surface area contributed by atoms with E-state index < -0.39 is 0 Å². The largest absolute Gasteiger partial charge is 0.459 e. The molecule has 3 nitrogen and oxygen atoms in total. The molecule has 0 atom stereocenters. The minimum absolute atomic E-state index is 0.258. The maximum atomic E-state index is 11.1. The lowest BCUT2D eigenvalue weighted by molar-refractivity contribution is -0.142. The molecule has 0 spiro atoms. The van der Waals surface area contributed by atoms with E-state index in [1.165, 1.54) is 12.5 Å². The third-order valence-corrected chi connectivity index (χ3v) is 3.50. The first-order chi connectivity index (χ1) is 10.2. The van der Waals surface area contributed by atoms with E-state index in [0.717, 1.165) is 23.1 Å². The van der Waals surface area contributed by atoms with Crippen LogP contribution in [0, 0.1) is 0 Å². The second-order valence-electron chi connectivity index (χ2n) is 5.05. The highest BCUT2D eigenvalue weighted by atomic mass is 16.5. The predicted molar refractivity (Wildman–Crippen MR) is 83.0 cm³/mol. The van der Waals surface area contributed by atoms with Crippen LogP contribution in [0.3, 0.4) is 0 Å². The van der Waals surface area contributed by atoms with Crippen molar-refractivity contribution >= 4 is 16.9 Å². The van der Waals surface area contributed by atoms with Crippen LogP contribution in [0.15, 0.2) is 60.7 Å². The molecule has 0 amide bonds. The van der Waals surface area contributed by atoms with Crippen molar-refractivity contribution in [1.82, 2.24) is 4.57 Å². The van der Waals surface area contributed by atoms with Crippen LogP contribution in [0.1, 0.15) is 18.2 Å². The fourth-order valence-electron chi connectivity index (χ4n) is 2.52. The van der Waals surface area contributed by atoms with Crippen LogP contribution in [0.5, 0.6) is 0 Å². The number of ether oxygens (including phenoxy) is 1. The van der Waals surface area contributed by atoms with Gasteiger partial charge in [0.1, 0.15) is 6.61 Å². The lowest BCUT2D eigenvalue weighted by Crippen LogP contribution is -2.07. The molecule has 1 heterocycles. The van der Waals surface area contributed by atoms with Crippen LogP contribution in [0.25, 0.3) is 10.9 Å². The maximum Gasteiger partial charge on any atom is 0.303 e. The van der Waals surface area contributed by atoms with E-state index in [1.807, 2.05) is 30.3 Å². The minimum atomic E-state index is -0.258. The maximum absolute atomic E-state index is 11.1. The zero-order valence-corrected chi connectivity index (χ0v) is 12.0. The molecule has 0 unspecified atom stereocenters. The van der Waals surface area contributed by atoms with E-state index >= 15 is 0 Å². The molecule has 0 radical (unpaired) electrons. The van der Waals surface area contributed by atoms with Gasteiger partial charge in [-0.1, -0.05) is 48.5 Å². The van der Waals surface area contributed by atoms with E-state index in [-0.39, 0.29) is 5.97 Å². The van der Waals surface area contributed by atoms with Gasteiger partial charge in [0.2, 0.25) is 0 Å². The highest BCUT2D eigenvalue weighted by molar-refractivity contribution is 5.81. The molecule has 0 saturated heterocycles. The van der Waals surface area contributed by atoms with Crippen LogP contribution in [0.2, 0.25) is 0 Å². The summed E-state index contributed by atoms with van der Waals surface area (Å²) in [5, 5.41) is 1.16. The molecule has 0 bridgehead atoms. The Morgan fingerprint density at radius 3 is 2.52 bits per heavy atom. The van der Waals surface area contributed by atoms with Crippen molar-refractivity contribution in [2.75, 3.05) is 0 Å². The molecule has 0 aliphatic carbocycles. The van der Waals surface area contributed by atoms with Crippen molar-refractivity contribution in [3.8, 4) is 0 Å². The van der Waals surface area contributed by atoms with Crippen LogP contribution < -0.4 is 0 Å². The summed E-state index contributed by atoms with van der Waals surface area (Å²) < 4.78 is 7.38. The lowest BCUT2D eigenvalue weighted by Gasteiger charge is -2.11. The van der Waals surface area contributed by atoms with Gasteiger partial charge in [-0.05, 0) is 23.1 Å². The summed E-state index contributed by atoms with van der Waals surface area (Å²) in [7, 11) is 0. The standard InChI is InChI=1S/C18H17NO2/c1-14(20)21-13-17-11-16-9-5-6-10-18(16)19(17)12-15-7-3-2-4-8-15/h2-11H,12-13H2,1H3. The van der Waals surface area contributed by atoms with Gasteiger partial charge in [-0.15, -0.1) is 0 Å². The van der Waals surface area contributed by atoms with E-state index in [1.54, 1.807) is 0 Å². The summed E-state index contributed by atoms with van der Waals surface area (Å²) >= 11 is 0.